The molecule has 0 aromatic heterocycles. The van der Waals surface area contributed by atoms with Crippen LogP contribution in [-0.2, 0) is 4.74 Å². The average Bonchev–Trinajstić information content (AvgIpc) is 3.07. The molecule has 0 bridgehead atoms. The van der Waals surface area contributed by atoms with Gasteiger partial charge in [-0.05, 0) is 50.4 Å². The maximum Gasteiger partial charge on any atom is 0.0468 e. The summed E-state index contributed by atoms with van der Waals surface area (Å²) in [6.45, 7) is 2.10. The number of nitrogens with two attached hydrogens (primary N) is 1. The predicted molar refractivity (Wildman–Crippen MR) is 66.4 cm³/mol. The van der Waals surface area contributed by atoms with E-state index in [1.165, 1.54) is 51.5 Å². The molecule has 0 atom stereocenters. The van der Waals surface area contributed by atoms with E-state index < -0.39 is 0 Å². The third kappa shape index (κ3) is 3.44. The first-order chi connectivity index (χ1) is 7.74. The van der Waals surface area contributed by atoms with Crippen molar-refractivity contribution >= 4 is 0 Å². The van der Waals surface area contributed by atoms with Crippen molar-refractivity contribution < 1.29 is 4.74 Å². The SMILES string of the molecule is COCCC1(CNC2CCC(N)CC2)CC1. The third-order valence-electron chi connectivity index (χ3n) is 4.33. The van der Waals surface area contributed by atoms with E-state index in [1.807, 2.05) is 0 Å². The fourth-order valence-electron chi connectivity index (χ4n) is 2.69. The van der Waals surface area contributed by atoms with Crippen molar-refractivity contribution in [2.45, 2.75) is 57.0 Å². The molecule has 2 saturated carbocycles. The summed E-state index contributed by atoms with van der Waals surface area (Å²) in [4.78, 5) is 0. The quantitative estimate of drug-likeness (QED) is 0.724. The van der Waals surface area contributed by atoms with Gasteiger partial charge in [0, 0.05) is 32.3 Å². The van der Waals surface area contributed by atoms with Gasteiger partial charge in [0.2, 0.25) is 0 Å². The van der Waals surface area contributed by atoms with E-state index >= 15 is 0 Å². The van der Waals surface area contributed by atoms with E-state index in [4.69, 9.17) is 10.5 Å². The van der Waals surface area contributed by atoms with Gasteiger partial charge in [0.1, 0.15) is 0 Å². The second-order valence-electron chi connectivity index (χ2n) is 5.74. The van der Waals surface area contributed by atoms with Gasteiger partial charge in [-0.1, -0.05) is 0 Å². The van der Waals surface area contributed by atoms with Gasteiger partial charge in [0.15, 0.2) is 0 Å². The van der Waals surface area contributed by atoms with E-state index in [1.54, 1.807) is 7.11 Å². The molecule has 2 fully saturated rings. The van der Waals surface area contributed by atoms with E-state index in [0.717, 1.165) is 12.6 Å². The largest absolute Gasteiger partial charge is 0.385 e. The summed E-state index contributed by atoms with van der Waals surface area (Å²) < 4.78 is 5.18. The Morgan fingerprint density at radius 3 is 2.50 bits per heavy atom. The zero-order valence-electron chi connectivity index (χ0n) is 10.5. The number of hydrogen-bond donors (Lipinski definition) is 2. The van der Waals surface area contributed by atoms with Gasteiger partial charge in [-0.3, -0.25) is 0 Å². The molecule has 3 heteroatoms. The topological polar surface area (TPSA) is 47.3 Å². The zero-order chi connectivity index (χ0) is 11.4. The van der Waals surface area contributed by atoms with Crippen LogP contribution < -0.4 is 11.1 Å². The lowest BCUT2D eigenvalue weighted by molar-refractivity contribution is 0.169. The fraction of sp³-hybridized carbons (Fsp3) is 1.00. The number of ether oxygens (including phenoxy) is 1. The fourth-order valence-corrected chi connectivity index (χ4v) is 2.69. The van der Waals surface area contributed by atoms with Crippen LogP contribution in [0.3, 0.4) is 0 Å². The first-order valence-electron chi connectivity index (χ1n) is 6.72. The molecule has 0 saturated heterocycles. The van der Waals surface area contributed by atoms with Crippen molar-refractivity contribution in [3.8, 4) is 0 Å². The molecule has 0 aliphatic heterocycles. The normalized spacial score (nSPS) is 32.6. The molecule has 0 amide bonds. The first kappa shape index (κ1) is 12.3. The lowest BCUT2D eigenvalue weighted by Gasteiger charge is -2.28. The summed E-state index contributed by atoms with van der Waals surface area (Å²) in [5, 5.41) is 3.74. The molecule has 0 radical (unpaired) electrons. The van der Waals surface area contributed by atoms with Crippen LogP contribution in [0.4, 0.5) is 0 Å². The van der Waals surface area contributed by atoms with Crippen LogP contribution in [0.25, 0.3) is 0 Å². The molecule has 2 aliphatic carbocycles. The highest BCUT2D eigenvalue weighted by atomic mass is 16.5. The highest BCUT2D eigenvalue weighted by molar-refractivity contribution is 4.95. The molecular formula is C13H26N2O. The van der Waals surface area contributed by atoms with Crippen molar-refractivity contribution in [2.24, 2.45) is 11.1 Å². The van der Waals surface area contributed by atoms with Crippen LogP contribution in [-0.4, -0.2) is 32.3 Å². The van der Waals surface area contributed by atoms with Crippen LogP contribution in [0.5, 0.6) is 0 Å². The van der Waals surface area contributed by atoms with Gasteiger partial charge in [-0.2, -0.15) is 0 Å². The Labute approximate surface area is 99.1 Å². The molecule has 16 heavy (non-hydrogen) atoms. The highest BCUT2D eigenvalue weighted by Gasteiger charge is 2.41. The Bertz CT molecular complexity index is 208. The Hall–Kier alpha value is -0.120. The summed E-state index contributed by atoms with van der Waals surface area (Å²) in [5.74, 6) is 0. The van der Waals surface area contributed by atoms with Crippen LogP contribution in [0.15, 0.2) is 0 Å². The second kappa shape index (κ2) is 5.48. The van der Waals surface area contributed by atoms with Gasteiger partial charge in [0.05, 0.1) is 0 Å². The van der Waals surface area contributed by atoms with Crippen molar-refractivity contribution in [3.05, 3.63) is 0 Å². The molecule has 0 aromatic rings. The molecule has 0 heterocycles. The van der Waals surface area contributed by atoms with Crippen LogP contribution in [0, 0.1) is 5.41 Å². The second-order valence-corrected chi connectivity index (χ2v) is 5.74. The van der Waals surface area contributed by atoms with E-state index in [0.29, 0.717) is 11.5 Å². The monoisotopic (exact) mass is 226 g/mol. The van der Waals surface area contributed by atoms with Crippen LogP contribution in [0.1, 0.15) is 44.9 Å². The van der Waals surface area contributed by atoms with E-state index in [2.05, 4.69) is 5.32 Å². The Morgan fingerprint density at radius 2 is 1.94 bits per heavy atom. The molecule has 3 nitrogen and oxygen atoms in total. The summed E-state index contributed by atoms with van der Waals surface area (Å²) in [7, 11) is 1.80. The van der Waals surface area contributed by atoms with Gasteiger partial charge < -0.3 is 15.8 Å². The third-order valence-corrected chi connectivity index (χ3v) is 4.33. The Balaban J connectivity index is 1.63. The minimum absolute atomic E-state index is 0.460. The van der Waals surface area contributed by atoms with Gasteiger partial charge in [-0.15, -0.1) is 0 Å². The van der Waals surface area contributed by atoms with Crippen LogP contribution in [0.2, 0.25) is 0 Å². The lowest BCUT2D eigenvalue weighted by atomic mass is 9.91. The molecule has 94 valence electrons. The maximum absolute atomic E-state index is 5.91. The number of rotatable bonds is 6. The molecular weight excluding hydrogens is 200 g/mol. The molecule has 2 aliphatic rings. The maximum atomic E-state index is 5.91. The lowest BCUT2D eigenvalue weighted by Crippen LogP contribution is -2.40. The molecule has 2 rings (SSSR count). The predicted octanol–water partition coefficient (Wildman–Crippen LogP) is 1.66. The standard InChI is InChI=1S/C13H26N2O/c1-16-9-8-13(6-7-13)10-15-12-4-2-11(14)3-5-12/h11-12,15H,2-10,14H2,1H3. The van der Waals surface area contributed by atoms with Gasteiger partial charge >= 0.3 is 0 Å². The van der Waals surface area contributed by atoms with Crippen molar-refractivity contribution in [2.75, 3.05) is 20.3 Å². The molecule has 0 unspecified atom stereocenters. The minimum atomic E-state index is 0.460. The van der Waals surface area contributed by atoms with Gasteiger partial charge in [0.25, 0.3) is 0 Å². The van der Waals surface area contributed by atoms with Crippen molar-refractivity contribution in [1.29, 1.82) is 0 Å². The Morgan fingerprint density at radius 1 is 1.25 bits per heavy atom. The smallest absolute Gasteiger partial charge is 0.0468 e. The van der Waals surface area contributed by atoms with E-state index in [9.17, 15) is 0 Å². The highest BCUT2D eigenvalue weighted by Crippen LogP contribution is 2.48. The zero-order valence-corrected chi connectivity index (χ0v) is 10.5. The molecule has 0 spiro atoms. The first-order valence-corrected chi connectivity index (χ1v) is 6.72. The van der Waals surface area contributed by atoms with Crippen molar-refractivity contribution in [3.63, 3.8) is 0 Å². The van der Waals surface area contributed by atoms with Crippen molar-refractivity contribution in [1.82, 2.24) is 5.32 Å². The summed E-state index contributed by atoms with van der Waals surface area (Å²) in [5.41, 5.74) is 6.49. The Kier molecular flexibility index (Phi) is 4.22. The number of methoxy groups -OCH3 is 1. The summed E-state index contributed by atoms with van der Waals surface area (Å²) in [6.07, 6.45) is 8.92. The summed E-state index contributed by atoms with van der Waals surface area (Å²) >= 11 is 0. The molecule has 0 aromatic carbocycles. The summed E-state index contributed by atoms with van der Waals surface area (Å²) in [6, 6.07) is 1.18. The average molecular weight is 226 g/mol. The molecule has 3 N–H and O–H groups in total. The number of nitrogens with one attached hydrogen (secondary N) is 1. The van der Waals surface area contributed by atoms with E-state index in [-0.39, 0.29) is 0 Å². The van der Waals surface area contributed by atoms with Gasteiger partial charge in [-0.25, -0.2) is 0 Å². The number of hydrogen-bond acceptors (Lipinski definition) is 3. The minimum Gasteiger partial charge on any atom is -0.385 e. The van der Waals surface area contributed by atoms with Crippen LogP contribution >= 0.6 is 0 Å².